The minimum atomic E-state index is -0.194. The molecule has 0 saturated carbocycles. The van der Waals surface area contributed by atoms with E-state index in [1.165, 1.54) is 12.1 Å². The molecule has 3 aliphatic rings. The molecule has 1 aromatic carbocycles. The van der Waals surface area contributed by atoms with Crippen molar-refractivity contribution >= 4 is 0 Å². The topological polar surface area (TPSA) is 52.4 Å². The van der Waals surface area contributed by atoms with Gasteiger partial charge in [0.25, 0.3) is 0 Å². The molecular formula is C19H23FN4O2. The third-order valence-electron chi connectivity index (χ3n) is 5.81. The summed E-state index contributed by atoms with van der Waals surface area (Å²) < 4.78 is 26.8. The van der Waals surface area contributed by atoms with E-state index < -0.39 is 0 Å². The SMILES string of the molecule is Fc1ccc(CN2C[C@@H]3[C@@H](C2)OCc2c(C4CCOCC4)nnn23)cc1. The first-order valence-corrected chi connectivity index (χ1v) is 9.38. The Kier molecular flexibility index (Phi) is 4.23. The van der Waals surface area contributed by atoms with Gasteiger partial charge in [0.1, 0.15) is 5.82 Å². The lowest BCUT2D eigenvalue weighted by molar-refractivity contribution is -0.00619. The molecule has 6 nitrogen and oxygen atoms in total. The van der Waals surface area contributed by atoms with Gasteiger partial charge in [0.15, 0.2) is 0 Å². The number of rotatable bonds is 3. The molecular weight excluding hydrogens is 335 g/mol. The lowest BCUT2D eigenvalue weighted by Crippen LogP contribution is -2.33. The van der Waals surface area contributed by atoms with Crippen LogP contribution in [0.1, 0.15) is 41.8 Å². The molecule has 3 aliphatic heterocycles. The van der Waals surface area contributed by atoms with E-state index in [4.69, 9.17) is 9.47 Å². The van der Waals surface area contributed by atoms with Gasteiger partial charge in [-0.05, 0) is 30.5 Å². The van der Waals surface area contributed by atoms with Crippen molar-refractivity contribution in [2.75, 3.05) is 26.3 Å². The standard InChI is InChI=1S/C19H23FN4O2/c20-15-3-1-13(2-4-15)9-23-10-16-18(11-23)26-12-17-19(21-22-24(16)17)14-5-7-25-8-6-14/h1-4,14,16,18H,5-12H2/t16-,18-/m1/s1. The Hall–Kier alpha value is -1.83. The van der Waals surface area contributed by atoms with Gasteiger partial charge in [0, 0.05) is 38.8 Å². The van der Waals surface area contributed by atoms with Gasteiger partial charge >= 0.3 is 0 Å². The van der Waals surface area contributed by atoms with E-state index in [9.17, 15) is 4.39 Å². The van der Waals surface area contributed by atoms with Gasteiger partial charge < -0.3 is 9.47 Å². The summed E-state index contributed by atoms with van der Waals surface area (Å²) in [6.07, 6.45) is 2.17. The van der Waals surface area contributed by atoms with Crippen molar-refractivity contribution in [3.8, 4) is 0 Å². The fraction of sp³-hybridized carbons (Fsp3) is 0.579. The number of benzene rings is 1. The maximum Gasteiger partial charge on any atom is 0.123 e. The first kappa shape index (κ1) is 16.4. The largest absolute Gasteiger partial charge is 0.381 e. The number of halogens is 1. The second kappa shape index (κ2) is 6.72. The number of hydrogen-bond acceptors (Lipinski definition) is 5. The molecule has 0 aliphatic carbocycles. The van der Waals surface area contributed by atoms with Gasteiger partial charge in [-0.15, -0.1) is 5.10 Å². The fourth-order valence-electron chi connectivity index (χ4n) is 4.41. The van der Waals surface area contributed by atoms with E-state index in [1.54, 1.807) is 0 Å². The van der Waals surface area contributed by atoms with Crippen LogP contribution in [-0.4, -0.2) is 52.3 Å². The molecule has 5 rings (SSSR count). The van der Waals surface area contributed by atoms with Crippen LogP contribution in [0.25, 0.3) is 0 Å². The van der Waals surface area contributed by atoms with Crippen LogP contribution in [0.2, 0.25) is 0 Å². The Morgan fingerprint density at radius 1 is 1.12 bits per heavy atom. The monoisotopic (exact) mass is 358 g/mol. The zero-order valence-corrected chi connectivity index (χ0v) is 14.7. The first-order valence-electron chi connectivity index (χ1n) is 9.38. The Morgan fingerprint density at radius 2 is 1.92 bits per heavy atom. The van der Waals surface area contributed by atoms with Gasteiger partial charge in [-0.25, -0.2) is 9.07 Å². The average molecular weight is 358 g/mol. The molecule has 0 bridgehead atoms. The number of likely N-dealkylation sites (tertiary alicyclic amines) is 1. The Bertz CT molecular complexity index is 772. The van der Waals surface area contributed by atoms with E-state index in [2.05, 4.69) is 19.9 Å². The van der Waals surface area contributed by atoms with Crippen LogP contribution >= 0.6 is 0 Å². The molecule has 0 spiro atoms. The summed E-state index contributed by atoms with van der Waals surface area (Å²) in [4.78, 5) is 2.35. The number of ether oxygens (including phenoxy) is 2. The molecule has 0 amide bonds. The molecule has 138 valence electrons. The summed E-state index contributed by atoms with van der Waals surface area (Å²) in [6, 6.07) is 6.94. The zero-order valence-electron chi connectivity index (χ0n) is 14.7. The Balaban J connectivity index is 1.32. The second-order valence-corrected chi connectivity index (χ2v) is 7.49. The zero-order chi connectivity index (χ0) is 17.5. The van der Waals surface area contributed by atoms with Crippen molar-refractivity contribution in [3.05, 3.63) is 47.0 Å². The number of aromatic nitrogens is 3. The average Bonchev–Trinajstić information content (AvgIpc) is 3.27. The second-order valence-electron chi connectivity index (χ2n) is 7.49. The van der Waals surface area contributed by atoms with Crippen molar-refractivity contribution in [2.45, 2.75) is 44.1 Å². The van der Waals surface area contributed by atoms with Crippen molar-refractivity contribution in [1.82, 2.24) is 19.9 Å². The predicted molar refractivity (Wildman–Crippen MR) is 92.1 cm³/mol. The molecule has 1 aromatic heterocycles. The highest BCUT2D eigenvalue weighted by Gasteiger charge is 2.41. The van der Waals surface area contributed by atoms with Crippen molar-refractivity contribution in [3.63, 3.8) is 0 Å². The summed E-state index contributed by atoms with van der Waals surface area (Å²) in [7, 11) is 0. The first-order chi connectivity index (χ1) is 12.8. The molecule has 2 atom stereocenters. The molecule has 2 aromatic rings. The smallest absolute Gasteiger partial charge is 0.123 e. The summed E-state index contributed by atoms with van der Waals surface area (Å²) in [5, 5.41) is 9.02. The quantitative estimate of drug-likeness (QED) is 0.843. The Morgan fingerprint density at radius 3 is 2.73 bits per heavy atom. The Labute approximate surface area is 151 Å². The lowest BCUT2D eigenvalue weighted by atomic mass is 9.94. The van der Waals surface area contributed by atoms with E-state index in [0.29, 0.717) is 12.5 Å². The van der Waals surface area contributed by atoms with Gasteiger partial charge in [-0.1, -0.05) is 17.3 Å². The fourth-order valence-corrected chi connectivity index (χ4v) is 4.41. The summed E-state index contributed by atoms with van der Waals surface area (Å²) in [5.74, 6) is 0.240. The summed E-state index contributed by atoms with van der Waals surface area (Å²) >= 11 is 0. The van der Waals surface area contributed by atoms with Crippen LogP contribution in [0, 0.1) is 5.82 Å². The van der Waals surface area contributed by atoms with Crippen LogP contribution < -0.4 is 0 Å². The van der Waals surface area contributed by atoms with Gasteiger partial charge in [-0.3, -0.25) is 4.90 Å². The molecule has 0 unspecified atom stereocenters. The van der Waals surface area contributed by atoms with Crippen molar-refractivity contribution < 1.29 is 13.9 Å². The number of nitrogens with zero attached hydrogens (tertiary/aromatic N) is 4. The maximum atomic E-state index is 13.1. The molecule has 7 heteroatoms. The van der Waals surface area contributed by atoms with Crippen molar-refractivity contribution in [2.24, 2.45) is 0 Å². The molecule has 0 N–H and O–H groups in total. The third-order valence-corrected chi connectivity index (χ3v) is 5.81. The molecule has 2 saturated heterocycles. The van der Waals surface area contributed by atoms with E-state index >= 15 is 0 Å². The minimum Gasteiger partial charge on any atom is -0.381 e. The molecule has 4 heterocycles. The molecule has 0 radical (unpaired) electrons. The van der Waals surface area contributed by atoms with Crippen LogP contribution in [0.3, 0.4) is 0 Å². The van der Waals surface area contributed by atoms with Crippen LogP contribution in [0.15, 0.2) is 24.3 Å². The van der Waals surface area contributed by atoms with Gasteiger partial charge in [-0.2, -0.15) is 0 Å². The van der Waals surface area contributed by atoms with E-state index in [0.717, 1.165) is 62.6 Å². The van der Waals surface area contributed by atoms with Crippen LogP contribution in [0.5, 0.6) is 0 Å². The number of hydrogen-bond donors (Lipinski definition) is 0. The van der Waals surface area contributed by atoms with E-state index in [-0.39, 0.29) is 18.0 Å². The highest BCUT2D eigenvalue weighted by atomic mass is 19.1. The highest BCUT2D eigenvalue weighted by molar-refractivity contribution is 5.19. The highest BCUT2D eigenvalue weighted by Crippen LogP contribution is 2.36. The van der Waals surface area contributed by atoms with E-state index in [1.807, 2.05) is 12.1 Å². The van der Waals surface area contributed by atoms with Gasteiger partial charge in [0.2, 0.25) is 0 Å². The lowest BCUT2D eigenvalue weighted by Gasteiger charge is -2.28. The minimum absolute atomic E-state index is 0.146. The van der Waals surface area contributed by atoms with Crippen LogP contribution in [-0.2, 0) is 22.6 Å². The number of fused-ring (bicyclic) bond motifs is 3. The normalized spacial score (nSPS) is 26.7. The molecule has 26 heavy (non-hydrogen) atoms. The van der Waals surface area contributed by atoms with Crippen molar-refractivity contribution in [1.29, 1.82) is 0 Å². The van der Waals surface area contributed by atoms with Gasteiger partial charge in [0.05, 0.1) is 30.1 Å². The third kappa shape index (κ3) is 2.94. The maximum absolute atomic E-state index is 13.1. The summed E-state index contributed by atoms with van der Waals surface area (Å²) in [5.41, 5.74) is 3.36. The predicted octanol–water partition coefficient (Wildman–Crippen LogP) is 2.27. The van der Waals surface area contributed by atoms with Crippen LogP contribution in [0.4, 0.5) is 4.39 Å². The summed E-state index contributed by atoms with van der Waals surface area (Å²) in [6.45, 7) is 4.74. The molecule has 2 fully saturated rings.